The fourth-order valence-corrected chi connectivity index (χ4v) is 2.48. The third-order valence-corrected chi connectivity index (χ3v) is 3.70. The Balaban J connectivity index is 2.05. The van der Waals surface area contributed by atoms with E-state index in [1.807, 2.05) is 30.4 Å². The van der Waals surface area contributed by atoms with E-state index in [0.29, 0.717) is 11.3 Å². The molecule has 0 amide bonds. The first-order valence-corrected chi connectivity index (χ1v) is 7.17. The van der Waals surface area contributed by atoms with Crippen molar-refractivity contribution in [3.05, 3.63) is 47.6 Å². The molecule has 1 aliphatic rings. The Morgan fingerprint density at radius 3 is 2.90 bits per heavy atom. The highest BCUT2D eigenvalue weighted by molar-refractivity contribution is 5.97. The average molecular weight is 284 g/mol. The minimum absolute atomic E-state index is 0.0121. The van der Waals surface area contributed by atoms with Crippen LogP contribution in [0.1, 0.15) is 42.1 Å². The second kappa shape index (κ2) is 7.02. The summed E-state index contributed by atoms with van der Waals surface area (Å²) >= 11 is 0. The molecular weight excluding hydrogens is 264 g/mol. The van der Waals surface area contributed by atoms with E-state index in [0.717, 1.165) is 24.8 Å². The molecule has 1 aliphatic carbocycles. The van der Waals surface area contributed by atoms with Crippen LogP contribution < -0.4 is 4.74 Å². The molecule has 3 heteroatoms. The summed E-state index contributed by atoms with van der Waals surface area (Å²) in [5.41, 5.74) is 1.55. The lowest BCUT2D eigenvalue weighted by Gasteiger charge is -2.13. The first kappa shape index (κ1) is 15.2. The van der Waals surface area contributed by atoms with Gasteiger partial charge in [0.25, 0.3) is 0 Å². The largest absolute Gasteiger partial charge is 0.496 e. The van der Waals surface area contributed by atoms with Crippen molar-refractivity contribution in [3.8, 4) is 5.75 Å². The lowest BCUT2D eigenvalue weighted by atomic mass is 9.90. The third-order valence-electron chi connectivity index (χ3n) is 3.70. The number of allylic oxidation sites excluding steroid dienone is 3. The number of carbonyl (C=O) groups is 2. The van der Waals surface area contributed by atoms with Crippen LogP contribution in [0, 0.1) is 5.92 Å². The van der Waals surface area contributed by atoms with Crippen molar-refractivity contribution < 1.29 is 14.3 Å². The molecule has 0 saturated carbocycles. The second-order valence-corrected chi connectivity index (χ2v) is 5.23. The van der Waals surface area contributed by atoms with Gasteiger partial charge in [0.2, 0.25) is 0 Å². The molecule has 21 heavy (non-hydrogen) atoms. The number of rotatable bonds is 5. The predicted molar refractivity (Wildman–Crippen MR) is 83.5 cm³/mol. The molecule has 0 fully saturated rings. The lowest BCUT2D eigenvalue weighted by molar-refractivity contribution is -0.118. The van der Waals surface area contributed by atoms with Crippen LogP contribution in [-0.2, 0) is 4.79 Å². The first-order chi connectivity index (χ1) is 10.1. The van der Waals surface area contributed by atoms with Crippen molar-refractivity contribution in [2.45, 2.75) is 26.2 Å². The van der Waals surface area contributed by atoms with Crippen molar-refractivity contribution in [1.82, 2.24) is 0 Å². The molecule has 1 aromatic carbocycles. The van der Waals surface area contributed by atoms with Gasteiger partial charge in [0.05, 0.1) is 12.7 Å². The van der Waals surface area contributed by atoms with Crippen molar-refractivity contribution in [2.75, 3.05) is 7.11 Å². The molecular formula is C18H20O3. The zero-order valence-corrected chi connectivity index (χ0v) is 12.5. The van der Waals surface area contributed by atoms with Gasteiger partial charge in [-0.3, -0.25) is 9.59 Å². The van der Waals surface area contributed by atoms with Gasteiger partial charge in [0.15, 0.2) is 11.6 Å². The number of ketones is 2. The van der Waals surface area contributed by atoms with E-state index in [4.69, 9.17) is 4.74 Å². The average Bonchev–Trinajstić information content (AvgIpc) is 2.48. The SMILES string of the molecule is COc1cc(C=CCC2CCC=CC2=O)ccc1C(C)=O. The van der Waals surface area contributed by atoms with Gasteiger partial charge in [-0.25, -0.2) is 0 Å². The molecule has 0 aliphatic heterocycles. The minimum atomic E-state index is -0.0121. The second-order valence-electron chi connectivity index (χ2n) is 5.23. The first-order valence-electron chi connectivity index (χ1n) is 7.17. The molecule has 110 valence electrons. The zero-order valence-electron chi connectivity index (χ0n) is 12.5. The summed E-state index contributed by atoms with van der Waals surface area (Å²) in [7, 11) is 1.56. The summed E-state index contributed by atoms with van der Waals surface area (Å²) in [6.07, 6.45) is 10.3. The molecule has 0 N–H and O–H groups in total. The lowest BCUT2D eigenvalue weighted by Crippen LogP contribution is -2.13. The van der Waals surface area contributed by atoms with Crippen LogP contribution in [0.3, 0.4) is 0 Å². The van der Waals surface area contributed by atoms with Crippen LogP contribution >= 0.6 is 0 Å². The third kappa shape index (κ3) is 3.91. The molecule has 0 heterocycles. The van der Waals surface area contributed by atoms with Crippen molar-refractivity contribution in [3.63, 3.8) is 0 Å². The van der Waals surface area contributed by atoms with Crippen LogP contribution in [0.5, 0.6) is 5.75 Å². The monoisotopic (exact) mass is 284 g/mol. The Labute approximate surface area is 125 Å². The number of Topliss-reactive ketones (excluding diaryl/α,β-unsaturated/α-hetero) is 1. The van der Waals surface area contributed by atoms with Gasteiger partial charge in [-0.15, -0.1) is 0 Å². The van der Waals surface area contributed by atoms with E-state index in [-0.39, 0.29) is 17.5 Å². The number of hydrogen-bond acceptors (Lipinski definition) is 3. The van der Waals surface area contributed by atoms with Crippen LogP contribution in [0.4, 0.5) is 0 Å². The van der Waals surface area contributed by atoms with Crippen LogP contribution in [-0.4, -0.2) is 18.7 Å². The predicted octanol–water partition coefficient (Wildman–Crippen LogP) is 3.84. The molecule has 0 aromatic heterocycles. The van der Waals surface area contributed by atoms with Gasteiger partial charge in [-0.1, -0.05) is 24.3 Å². The van der Waals surface area contributed by atoms with Gasteiger partial charge >= 0.3 is 0 Å². The molecule has 3 nitrogen and oxygen atoms in total. The molecule has 1 atom stereocenters. The Morgan fingerprint density at radius 1 is 1.43 bits per heavy atom. The maximum atomic E-state index is 11.7. The molecule has 0 bridgehead atoms. The van der Waals surface area contributed by atoms with Crippen molar-refractivity contribution in [2.24, 2.45) is 5.92 Å². The van der Waals surface area contributed by atoms with Crippen LogP contribution in [0.25, 0.3) is 6.08 Å². The van der Waals surface area contributed by atoms with Crippen LogP contribution in [0.15, 0.2) is 36.4 Å². The van der Waals surface area contributed by atoms with Gasteiger partial charge in [-0.2, -0.15) is 0 Å². The van der Waals surface area contributed by atoms with Gasteiger partial charge in [0, 0.05) is 5.92 Å². The summed E-state index contributed by atoms with van der Waals surface area (Å²) in [6.45, 7) is 1.52. The quantitative estimate of drug-likeness (QED) is 0.772. The highest BCUT2D eigenvalue weighted by atomic mass is 16.5. The number of benzene rings is 1. The number of hydrogen-bond donors (Lipinski definition) is 0. The highest BCUT2D eigenvalue weighted by Gasteiger charge is 2.16. The summed E-state index contributed by atoms with van der Waals surface area (Å²) in [5, 5.41) is 0. The molecule has 2 rings (SSSR count). The standard InChI is InChI=1S/C18H20O3/c1-13(19)16-11-10-14(12-18(16)21-2)6-5-8-15-7-3-4-9-17(15)20/h4-6,9-12,15H,3,7-8H2,1-2H3. The van der Waals surface area contributed by atoms with Gasteiger partial charge in [-0.05, 0) is 50.0 Å². The number of methoxy groups -OCH3 is 1. The van der Waals surface area contributed by atoms with E-state index in [2.05, 4.69) is 0 Å². The number of carbonyl (C=O) groups excluding carboxylic acids is 2. The molecule has 0 radical (unpaired) electrons. The van der Waals surface area contributed by atoms with E-state index in [1.54, 1.807) is 19.3 Å². The maximum Gasteiger partial charge on any atom is 0.163 e. The van der Waals surface area contributed by atoms with E-state index >= 15 is 0 Å². The van der Waals surface area contributed by atoms with Crippen molar-refractivity contribution >= 4 is 17.6 Å². The Morgan fingerprint density at radius 2 is 2.24 bits per heavy atom. The highest BCUT2D eigenvalue weighted by Crippen LogP contribution is 2.23. The fraction of sp³-hybridized carbons (Fsp3) is 0.333. The molecule has 0 spiro atoms. The molecule has 1 unspecified atom stereocenters. The topological polar surface area (TPSA) is 43.4 Å². The summed E-state index contributed by atoms with van der Waals surface area (Å²) in [6, 6.07) is 5.50. The Kier molecular flexibility index (Phi) is 5.09. The summed E-state index contributed by atoms with van der Waals surface area (Å²) < 4.78 is 5.24. The van der Waals surface area contributed by atoms with Crippen molar-refractivity contribution in [1.29, 1.82) is 0 Å². The Bertz CT molecular complexity index is 596. The van der Waals surface area contributed by atoms with E-state index in [1.165, 1.54) is 6.92 Å². The van der Waals surface area contributed by atoms with E-state index in [9.17, 15) is 9.59 Å². The smallest absolute Gasteiger partial charge is 0.163 e. The van der Waals surface area contributed by atoms with Gasteiger partial charge < -0.3 is 4.74 Å². The normalized spacial score (nSPS) is 18.2. The molecule has 0 saturated heterocycles. The zero-order chi connectivity index (χ0) is 15.2. The Hall–Kier alpha value is -2.16. The summed E-state index contributed by atoms with van der Waals surface area (Å²) in [4.78, 5) is 23.1. The minimum Gasteiger partial charge on any atom is -0.496 e. The van der Waals surface area contributed by atoms with Crippen LogP contribution in [0.2, 0.25) is 0 Å². The number of ether oxygens (including phenoxy) is 1. The van der Waals surface area contributed by atoms with Gasteiger partial charge in [0.1, 0.15) is 5.75 Å². The van der Waals surface area contributed by atoms with E-state index < -0.39 is 0 Å². The maximum absolute atomic E-state index is 11.7. The summed E-state index contributed by atoms with van der Waals surface area (Å²) in [5.74, 6) is 0.892. The molecule has 1 aromatic rings. The fourth-order valence-electron chi connectivity index (χ4n) is 2.48.